The fourth-order valence-electron chi connectivity index (χ4n) is 6.10. The van der Waals surface area contributed by atoms with E-state index in [1.807, 2.05) is 60.7 Å². The van der Waals surface area contributed by atoms with E-state index in [1.165, 1.54) is 10.6 Å². The Hall–Kier alpha value is -5.72. The second-order valence-corrected chi connectivity index (χ2v) is 17.9. The summed E-state index contributed by atoms with van der Waals surface area (Å²) in [5.74, 6) is 1.93. The Morgan fingerprint density at radius 1 is 0.426 bits per heavy atom. The van der Waals surface area contributed by atoms with E-state index in [-0.39, 0.29) is 0 Å². The van der Waals surface area contributed by atoms with Crippen LogP contribution < -0.4 is 5.19 Å². The molecule has 8 rings (SSSR count). The Labute approximate surface area is 275 Å². The molecule has 0 radical (unpaired) electrons. The molecule has 0 aliphatic rings. The summed E-state index contributed by atoms with van der Waals surface area (Å²) in [4.78, 5) is 19.9. The number of nitrogens with zero attached hydrogens (tertiary/aromatic N) is 5. The van der Waals surface area contributed by atoms with Crippen LogP contribution in [0.4, 0.5) is 0 Å². The topological polar surface area (TPSA) is 56.5 Å². The van der Waals surface area contributed by atoms with E-state index < -0.39 is 8.07 Å². The molecule has 8 aromatic rings. The van der Waals surface area contributed by atoms with Gasteiger partial charge in [-0.15, -0.1) is 0 Å². The normalized spacial score (nSPS) is 11.7. The maximum atomic E-state index is 5.26. The lowest BCUT2D eigenvalue weighted by Crippen LogP contribution is -2.37. The van der Waals surface area contributed by atoms with Crippen molar-refractivity contribution in [1.29, 1.82) is 0 Å². The number of aromatic nitrogens is 5. The van der Waals surface area contributed by atoms with Crippen molar-refractivity contribution >= 4 is 35.2 Å². The van der Waals surface area contributed by atoms with E-state index in [1.54, 1.807) is 0 Å². The second-order valence-electron chi connectivity index (χ2n) is 12.8. The molecule has 0 spiro atoms. The molecule has 0 bridgehead atoms. The zero-order valence-electron chi connectivity index (χ0n) is 26.6. The molecule has 0 fully saturated rings. The third-order valence-electron chi connectivity index (χ3n) is 8.65. The zero-order valence-corrected chi connectivity index (χ0v) is 27.6. The van der Waals surface area contributed by atoms with Gasteiger partial charge in [0.05, 0.1) is 19.3 Å². The van der Waals surface area contributed by atoms with Gasteiger partial charge in [0.15, 0.2) is 17.5 Å². The molecule has 0 N–H and O–H groups in total. The molecule has 226 valence electrons. The van der Waals surface area contributed by atoms with Gasteiger partial charge in [-0.2, -0.15) is 0 Å². The van der Waals surface area contributed by atoms with Crippen LogP contribution in [-0.4, -0.2) is 32.6 Å². The molecular weight excluding hydrogens is 591 g/mol. The van der Waals surface area contributed by atoms with Crippen molar-refractivity contribution in [1.82, 2.24) is 24.5 Å². The number of hydrogen-bond donors (Lipinski definition) is 0. The Balaban J connectivity index is 1.23. The molecule has 0 atom stereocenters. The predicted octanol–water partition coefficient (Wildman–Crippen LogP) is 9.58. The highest BCUT2D eigenvalue weighted by atomic mass is 28.3. The van der Waals surface area contributed by atoms with Gasteiger partial charge in [0.2, 0.25) is 0 Å². The van der Waals surface area contributed by atoms with Crippen molar-refractivity contribution in [2.45, 2.75) is 19.6 Å². The van der Waals surface area contributed by atoms with Crippen LogP contribution in [0.2, 0.25) is 19.6 Å². The first-order valence-corrected chi connectivity index (χ1v) is 19.4. The molecule has 3 aromatic heterocycles. The van der Waals surface area contributed by atoms with Crippen molar-refractivity contribution in [3.8, 4) is 51.1 Å². The molecule has 3 heterocycles. The Morgan fingerprint density at radius 3 is 1.51 bits per heavy atom. The van der Waals surface area contributed by atoms with Gasteiger partial charge in [-0.25, -0.2) is 19.9 Å². The summed E-state index contributed by atoms with van der Waals surface area (Å²) in [6, 6.07) is 50.4. The third kappa shape index (κ3) is 5.43. The van der Waals surface area contributed by atoms with Gasteiger partial charge in [-0.3, -0.25) is 4.57 Å². The minimum absolute atomic E-state index is 0.633. The highest BCUT2D eigenvalue weighted by molar-refractivity contribution is 6.88. The molecule has 0 saturated heterocycles. The summed E-state index contributed by atoms with van der Waals surface area (Å²) >= 11 is 0. The smallest absolute Gasteiger partial charge is 0.164 e. The second kappa shape index (κ2) is 11.6. The van der Waals surface area contributed by atoms with Gasteiger partial charge in [0.25, 0.3) is 0 Å². The van der Waals surface area contributed by atoms with Crippen LogP contribution >= 0.6 is 0 Å². The fourth-order valence-corrected chi connectivity index (χ4v) is 7.27. The lowest BCUT2D eigenvalue weighted by atomic mass is 10.1. The summed E-state index contributed by atoms with van der Waals surface area (Å²) in [5, 5.41) is 3.75. The van der Waals surface area contributed by atoms with Gasteiger partial charge in [0, 0.05) is 38.7 Å². The summed E-state index contributed by atoms with van der Waals surface area (Å²) in [7, 11) is -1.38. The van der Waals surface area contributed by atoms with Crippen LogP contribution in [0.15, 0.2) is 146 Å². The summed E-state index contributed by atoms with van der Waals surface area (Å²) in [6.07, 6.45) is 0. The molecule has 0 saturated carbocycles. The van der Waals surface area contributed by atoms with Crippen LogP contribution in [0.3, 0.4) is 0 Å². The lowest BCUT2D eigenvalue weighted by Gasteiger charge is -2.16. The quantitative estimate of drug-likeness (QED) is 0.173. The Kier molecular flexibility index (Phi) is 7.07. The number of benzene rings is 5. The minimum atomic E-state index is -1.38. The molecule has 0 aliphatic heterocycles. The minimum Gasteiger partial charge on any atom is -0.294 e. The lowest BCUT2D eigenvalue weighted by molar-refractivity contribution is 1.07. The van der Waals surface area contributed by atoms with Gasteiger partial charge in [-0.05, 0) is 42.5 Å². The number of pyridine rings is 1. The van der Waals surface area contributed by atoms with Gasteiger partial charge < -0.3 is 0 Å². The Bertz CT molecular complexity index is 2300. The van der Waals surface area contributed by atoms with Crippen molar-refractivity contribution in [2.75, 3.05) is 0 Å². The number of hydrogen-bond acceptors (Lipinski definition) is 4. The van der Waals surface area contributed by atoms with Crippen LogP contribution in [0, 0.1) is 0 Å². The number of para-hydroxylation sites is 1. The standard InChI is InChI=1S/C41H33N5Si/c1-47(2,3)33-24-20-28(21-25-33)36-27-26-35-34-16-10-11-17-37(34)46(41(35)42-36)32-22-18-31(19-23-32)40-44-38(29-12-6-4-7-13-29)43-39(45-40)30-14-8-5-9-15-30/h4-27H,1-3H3. The van der Waals surface area contributed by atoms with Crippen molar-refractivity contribution in [3.63, 3.8) is 0 Å². The predicted molar refractivity (Wildman–Crippen MR) is 197 cm³/mol. The maximum Gasteiger partial charge on any atom is 0.164 e. The molecule has 5 aromatic carbocycles. The first kappa shape index (κ1) is 28.7. The average molecular weight is 624 g/mol. The van der Waals surface area contributed by atoms with E-state index in [2.05, 4.69) is 109 Å². The van der Waals surface area contributed by atoms with E-state index in [0.29, 0.717) is 17.5 Å². The van der Waals surface area contributed by atoms with Gasteiger partial charge in [0.1, 0.15) is 5.65 Å². The van der Waals surface area contributed by atoms with Crippen LogP contribution in [0.5, 0.6) is 0 Å². The molecule has 5 nitrogen and oxygen atoms in total. The van der Waals surface area contributed by atoms with Crippen LogP contribution in [-0.2, 0) is 0 Å². The average Bonchev–Trinajstić information content (AvgIpc) is 3.45. The highest BCUT2D eigenvalue weighted by Crippen LogP contribution is 2.33. The zero-order chi connectivity index (χ0) is 32.0. The molecule has 0 unspecified atom stereocenters. The summed E-state index contributed by atoms with van der Waals surface area (Å²) in [5.41, 5.74) is 7.99. The van der Waals surface area contributed by atoms with Gasteiger partial charge >= 0.3 is 0 Å². The van der Waals surface area contributed by atoms with Crippen LogP contribution in [0.25, 0.3) is 73.0 Å². The highest BCUT2D eigenvalue weighted by Gasteiger charge is 2.18. The van der Waals surface area contributed by atoms with E-state index in [4.69, 9.17) is 19.9 Å². The molecule has 0 amide bonds. The molecule has 6 heteroatoms. The first-order valence-electron chi connectivity index (χ1n) is 15.9. The van der Waals surface area contributed by atoms with E-state index in [9.17, 15) is 0 Å². The SMILES string of the molecule is C[Si](C)(C)c1ccc(-c2ccc3c4ccccc4n(-c4ccc(-c5nc(-c6ccccc6)nc(-c6ccccc6)n5)cc4)c3n2)cc1. The van der Waals surface area contributed by atoms with Crippen molar-refractivity contribution in [3.05, 3.63) is 146 Å². The number of fused-ring (bicyclic) bond motifs is 3. The van der Waals surface area contributed by atoms with E-state index in [0.717, 1.165) is 50.2 Å². The van der Waals surface area contributed by atoms with Crippen LogP contribution in [0.1, 0.15) is 0 Å². The van der Waals surface area contributed by atoms with Crippen molar-refractivity contribution in [2.24, 2.45) is 0 Å². The van der Waals surface area contributed by atoms with E-state index >= 15 is 0 Å². The monoisotopic (exact) mass is 623 g/mol. The summed E-state index contributed by atoms with van der Waals surface area (Å²) in [6.45, 7) is 7.13. The van der Waals surface area contributed by atoms with Crippen molar-refractivity contribution < 1.29 is 0 Å². The Morgan fingerprint density at radius 2 is 0.936 bits per heavy atom. The van der Waals surface area contributed by atoms with Gasteiger partial charge in [-0.1, -0.05) is 128 Å². The third-order valence-corrected chi connectivity index (χ3v) is 10.7. The largest absolute Gasteiger partial charge is 0.294 e. The fraction of sp³-hybridized carbons (Fsp3) is 0.0732. The first-order chi connectivity index (χ1) is 22.9. The maximum absolute atomic E-state index is 5.26. The molecular formula is C41H33N5Si. The number of rotatable bonds is 6. The molecule has 47 heavy (non-hydrogen) atoms. The summed E-state index contributed by atoms with van der Waals surface area (Å²) < 4.78 is 2.26. The molecule has 0 aliphatic carbocycles.